The van der Waals surface area contributed by atoms with E-state index in [-0.39, 0.29) is 32.7 Å². The summed E-state index contributed by atoms with van der Waals surface area (Å²) in [6.45, 7) is 0.540. The Balaban J connectivity index is 1.90. The average Bonchev–Trinajstić information content (AvgIpc) is 3.30. The van der Waals surface area contributed by atoms with Crippen LogP contribution in [0.3, 0.4) is 0 Å². The fourth-order valence-corrected chi connectivity index (χ4v) is 4.10. The van der Waals surface area contributed by atoms with E-state index in [1.54, 1.807) is 12.1 Å². The van der Waals surface area contributed by atoms with E-state index in [2.05, 4.69) is 20.3 Å². The molecule has 8 nitrogen and oxygen atoms in total. The van der Waals surface area contributed by atoms with Crippen LogP contribution in [0.15, 0.2) is 18.3 Å². The molecule has 2 aromatic heterocycles. The van der Waals surface area contributed by atoms with Crippen LogP contribution in [0, 0.1) is 0 Å². The second kappa shape index (κ2) is 9.00. The van der Waals surface area contributed by atoms with Gasteiger partial charge in [-0.1, -0.05) is 34.8 Å². The molecule has 31 heavy (non-hydrogen) atoms. The predicted octanol–water partition coefficient (Wildman–Crippen LogP) is 4.79. The first kappa shape index (κ1) is 21.8. The highest BCUT2D eigenvalue weighted by atomic mass is 35.5. The third-order valence-corrected chi connectivity index (χ3v) is 5.77. The van der Waals surface area contributed by atoms with Crippen molar-refractivity contribution in [2.24, 2.45) is 0 Å². The van der Waals surface area contributed by atoms with E-state index < -0.39 is 6.10 Å². The number of anilines is 1. The SMILES string of the molecule is COc1cc(OC)c(Cl)c(-c2nc(NC(=O)C3CCCO3)c3cc(Cl)ncc3n2)c1Cl. The number of hydrogen-bond acceptors (Lipinski definition) is 7. The van der Waals surface area contributed by atoms with Crippen molar-refractivity contribution < 1.29 is 19.0 Å². The van der Waals surface area contributed by atoms with Gasteiger partial charge < -0.3 is 19.5 Å². The molecule has 4 rings (SSSR count). The smallest absolute Gasteiger partial charge is 0.254 e. The van der Waals surface area contributed by atoms with Gasteiger partial charge in [0.2, 0.25) is 0 Å². The highest BCUT2D eigenvalue weighted by molar-refractivity contribution is 6.41. The van der Waals surface area contributed by atoms with Crippen LogP contribution in [0.4, 0.5) is 5.82 Å². The Morgan fingerprint density at radius 2 is 1.84 bits per heavy atom. The van der Waals surface area contributed by atoms with Gasteiger partial charge in [0, 0.05) is 18.1 Å². The van der Waals surface area contributed by atoms with E-state index in [1.807, 2.05) is 0 Å². The Morgan fingerprint density at radius 1 is 1.13 bits per heavy atom. The largest absolute Gasteiger partial charge is 0.495 e. The van der Waals surface area contributed by atoms with Gasteiger partial charge in [-0.2, -0.15) is 0 Å². The zero-order chi connectivity index (χ0) is 22.1. The van der Waals surface area contributed by atoms with E-state index in [1.165, 1.54) is 20.4 Å². The molecule has 0 bridgehead atoms. The maximum Gasteiger partial charge on any atom is 0.254 e. The maximum absolute atomic E-state index is 12.7. The summed E-state index contributed by atoms with van der Waals surface area (Å²) in [5.74, 6) is 0.753. The van der Waals surface area contributed by atoms with Crippen molar-refractivity contribution >= 4 is 57.4 Å². The Kier molecular flexibility index (Phi) is 6.34. The first-order chi connectivity index (χ1) is 14.9. The fourth-order valence-electron chi connectivity index (χ4n) is 3.28. The molecule has 0 radical (unpaired) electrons. The third-order valence-electron chi connectivity index (χ3n) is 4.81. The highest BCUT2D eigenvalue weighted by Gasteiger charge is 2.26. The molecule has 1 fully saturated rings. The van der Waals surface area contributed by atoms with E-state index in [0.717, 1.165) is 6.42 Å². The zero-order valence-electron chi connectivity index (χ0n) is 16.5. The molecule has 0 saturated carbocycles. The number of carbonyl (C=O) groups is 1. The van der Waals surface area contributed by atoms with Gasteiger partial charge in [-0.15, -0.1) is 0 Å². The van der Waals surface area contributed by atoms with Gasteiger partial charge in [0.1, 0.15) is 28.6 Å². The third kappa shape index (κ3) is 4.21. The molecule has 3 aromatic rings. The van der Waals surface area contributed by atoms with E-state index >= 15 is 0 Å². The maximum atomic E-state index is 12.7. The lowest BCUT2D eigenvalue weighted by molar-refractivity contribution is -0.124. The van der Waals surface area contributed by atoms with Gasteiger partial charge in [-0.05, 0) is 18.9 Å². The Labute approximate surface area is 192 Å². The number of methoxy groups -OCH3 is 2. The number of benzene rings is 1. The average molecular weight is 484 g/mol. The van der Waals surface area contributed by atoms with Crippen LogP contribution < -0.4 is 14.8 Å². The molecule has 1 aromatic carbocycles. The molecule has 1 aliphatic rings. The van der Waals surface area contributed by atoms with Crippen LogP contribution in [0.1, 0.15) is 12.8 Å². The zero-order valence-corrected chi connectivity index (χ0v) is 18.8. The summed E-state index contributed by atoms with van der Waals surface area (Å²) in [4.78, 5) is 25.8. The molecule has 0 aliphatic carbocycles. The molecule has 11 heteroatoms. The number of rotatable bonds is 5. The summed E-state index contributed by atoms with van der Waals surface area (Å²) in [5, 5.41) is 3.95. The van der Waals surface area contributed by atoms with Crippen LogP contribution in [0.5, 0.6) is 11.5 Å². The van der Waals surface area contributed by atoms with Crippen molar-refractivity contribution in [2.75, 3.05) is 26.1 Å². The minimum absolute atomic E-state index is 0.159. The molecular formula is C20H17Cl3N4O4. The number of fused-ring (bicyclic) bond motifs is 1. The second-order valence-electron chi connectivity index (χ2n) is 6.69. The van der Waals surface area contributed by atoms with E-state index in [0.29, 0.717) is 41.0 Å². The van der Waals surface area contributed by atoms with Crippen LogP contribution in [0.25, 0.3) is 22.3 Å². The van der Waals surface area contributed by atoms with Gasteiger partial charge in [0.25, 0.3) is 5.91 Å². The van der Waals surface area contributed by atoms with Crippen molar-refractivity contribution in [3.05, 3.63) is 33.5 Å². The summed E-state index contributed by atoms with van der Waals surface area (Å²) in [5.41, 5.74) is 0.731. The van der Waals surface area contributed by atoms with Crippen LogP contribution >= 0.6 is 34.8 Å². The molecule has 1 saturated heterocycles. The lowest BCUT2D eigenvalue weighted by atomic mass is 10.1. The molecular weight excluding hydrogens is 467 g/mol. The van der Waals surface area contributed by atoms with Crippen molar-refractivity contribution in [1.29, 1.82) is 0 Å². The number of aromatic nitrogens is 3. The van der Waals surface area contributed by atoms with Gasteiger partial charge >= 0.3 is 0 Å². The summed E-state index contributed by atoms with van der Waals surface area (Å²) in [7, 11) is 2.94. The number of halogens is 3. The molecule has 3 heterocycles. The molecule has 1 atom stereocenters. The number of ether oxygens (including phenoxy) is 3. The number of nitrogens with one attached hydrogen (secondary N) is 1. The number of pyridine rings is 1. The first-order valence-electron chi connectivity index (χ1n) is 9.29. The minimum atomic E-state index is -0.546. The lowest BCUT2D eigenvalue weighted by Gasteiger charge is -2.16. The van der Waals surface area contributed by atoms with Crippen molar-refractivity contribution in [1.82, 2.24) is 15.0 Å². The van der Waals surface area contributed by atoms with Crippen molar-refractivity contribution in [2.45, 2.75) is 18.9 Å². The van der Waals surface area contributed by atoms with Gasteiger partial charge in [-0.25, -0.2) is 15.0 Å². The summed E-state index contributed by atoms with van der Waals surface area (Å²) in [6, 6.07) is 3.14. The number of carbonyl (C=O) groups excluding carboxylic acids is 1. The molecule has 0 spiro atoms. The first-order valence-corrected chi connectivity index (χ1v) is 10.4. The molecule has 1 aliphatic heterocycles. The summed E-state index contributed by atoms with van der Waals surface area (Å²) >= 11 is 19.1. The lowest BCUT2D eigenvalue weighted by Crippen LogP contribution is -2.27. The van der Waals surface area contributed by atoms with Gasteiger partial charge in [0.15, 0.2) is 5.82 Å². The van der Waals surface area contributed by atoms with Crippen LogP contribution in [0.2, 0.25) is 15.2 Å². The molecule has 1 amide bonds. The molecule has 162 valence electrons. The predicted molar refractivity (Wildman–Crippen MR) is 119 cm³/mol. The Morgan fingerprint density at radius 3 is 2.45 bits per heavy atom. The normalized spacial score (nSPS) is 15.8. The minimum Gasteiger partial charge on any atom is -0.495 e. The topological polar surface area (TPSA) is 95.5 Å². The monoisotopic (exact) mass is 482 g/mol. The second-order valence-corrected chi connectivity index (χ2v) is 7.84. The van der Waals surface area contributed by atoms with Crippen molar-refractivity contribution in [3.8, 4) is 22.9 Å². The van der Waals surface area contributed by atoms with E-state index in [4.69, 9.17) is 49.0 Å². The number of hydrogen-bond donors (Lipinski definition) is 1. The Hall–Kier alpha value is -2.39. The number of nitrogens with zero attached hydrogens (tertiary/aromatic N) is 3. The quantitative estimate of drug-likeness (QED) is 0.521. The van der Waals surface area contributed by atoms with Crippen LogP contribution in [-0.2, 0) is 9.53 Å². The van der Waals surface area contributed by atoms with Crippen LogP contribution in [-0.4, -0.2) is 47.8 Å². The van der Waals surface area contributed by atoms with E-state index in [9.17, 15) is 4.79 Å². The Bertz CT molecular complexity index is 1140. The number of amides is 1. The summed E-state index contributed by atoms with van der Waals surface area (Å²) in [6.07, 6.45) is 2.38. The van der Waals surface area contributed by atoms with Gasteiger partial charge in [-0.3, -0.25) is 4.79 Å². The fraction of sp³-hybridized carbons (Fsp3) is 0.300. The standard InChI is InChI=1S/C20H17Cl3N4O4/c1-29-12-7-13(30-2)17(23)15(16(12)22)19-25-10-8-24-14(21)6-9(10)18(26-19)27-20(28)11-4-3-5-31-11/h6-8,11H,3-5H2,1-2H3,(H,25,26,27,28). The molecule has 1 N–H and O–H groups in total. The van der Waals surface area contributed by atoms with Crippen molar-refractivity contribution in [3.63, 3.8) is 0 Å². The summed E-state index contributed by atoms with van der Waals surface area (Å²) < 4.78 is 16.1. The molecule has 1 unspecified atom stereocenters. The highest BCUT2D eigenvalue weighted by Crippen LogP contribution is 2.45. The van der Waals surface area contributed by atoms with Gasteiger partial charge in [0.05, 0.1) is 41.5 Å².